The van der Waals surface area contributed by atoms with Crippen LogP contribution in [0.4, 0.5) is 0 Å². The van der Waals surface area contributed by atoms with Crippen molar-refractivity contribution in [2.75, 3.05) is 7.11 Å². The van der Waals surface area contributed by atoms with Crippen LogP contribution < -0.4 is 4.74 Å². The molecule has 0 bridgehead atoms. The fourth-order valence-corrected chi connectivity index (χ4v) is 2.07. The summed E-state index contributed by atoms with van der Waals surface area (Å²) in [7, 11) is 1.59. The maximum absolute atomic E-state index is 12.5. The average molecular weight is 254 g/mol. The van der Waals surface area contributed by atoms with E-state index in [2.05, 4.69) is 6.92 Å². The smallest absolute Gasteiger partial charge is 0.196 e. The van der Waals surface area contributed by atoms with Crippen molar-refractivity contribution in [3.05, 3.63) is 64.7 Å². The number of carbonyl (C=O) groups excluding carboxylic acids is 1. The van der Waals surface area contributed by atoms with Gasteiger partial charge in [0.2, 0.25) is 0 Å². The maximum atomic E-state index is 12.5. The van der Waals surface area contributed by atoms with Gasteiger partial charge in [0.1, 0.15) is 5.75 Å². The highest BCUT2D eigenvalue weighted by Crippen LogP contribution is 2.23. The number of carbonyl (C=O) groups is 1. The highest BCUT2D eigenvalue weighted by atomic mass is 16.5. The van der Waals surface area contributed by atoms with E-state index < -0.39 is 0 Å². The van der Waals surface area contributed by atoms with E-state index in [4.69, 9.17) is 4.74 Å². The van der Waals surface area contributed by atoms with Crippen LogP contribution in [-0.4, -0.2) is 12.9 Å². The van der Waals surface area contributed by atoms with Gasteiger partial charge in [-0.2, -0.15) is 0 Å². The second kappa shape index (κ2) is 5.70. The van der Waals surface area contributed by atoms with Crippen molar-refractivity contribution in [3.63, 3.8) is 0 Å². The van der Waals surface area contributed by atoms with Crippen LogP contribution in [0.2, 0.25) is 0 Å². The summed E-state index contributed by atoms with van der Waals surface area (Å²) in [6.45, 7) is 4.06. The van der Waals surface area contributed by atoms with Crippen LogP contribution in [0, 0.1) is 6.92 Å². The highest BCUT2D eigenvalue weighted by Gasteiger charge is 2.14. The lowest BCUT2D eigenvalue weighted by atomic mass is 9.99. The maximum Gasteiger partial charge on any atom is 0.196 e. The van der Waals surface area contributed by atoms with Gasteiger partial charge in [-0.15, -0.1) is 0 Å². The second-order valence-corrected chi connectivity index (χ2v) is 4.59. The predicted molar refractivity (Wildman–Crippen MR) is 77.0 cm³/mol. The summed E-state index contributed by atoms with van der Waals surface area (Å²) >= 11 is 0. The lowest BCUT2D eigenvalue weighted by Crippen LogP contribution is -2.04. The molecule has 2 nitrogen and oxygen atoms in total. The summed E-state index contributed by atoms with van der Waals surface area (Å²) in [4.78, 5) is 12.5. The van der Waals surface area contributed by atoms with E-state index in [9.17, 15) is 4.79 Å². The van der Waals surface area contributed by atoms with Crippen LogP contribution in [0.1, 0.15) is 34.0 Å². The molecule has 0 radical (unpaired) electrons. The Morgan fingerprint density at radius 2 is 1.95 bits per heavy atom. The number of aryl methyl sites for hydroxylation is 2. The fraction of sp³-hybridized carbons (Fsp3) is 0.235. The molecule has 2 aromatic rings. The quantitative estimate of drug-likeness (QED) is 0.776. The Balaban J connectivity index is 2.43. The molecule has 2 heteroatoms. The Labute approximate surface area is 114 Å². The molecule has 0 amide bonds. The van der Waals surface area contributed by atoms with Crippen molar-refractivity contribution in [1.82, 2.24) is 0 Å². The van der Waals surface area contributed by atoms with Gasteiger partial charge in [0, 0.05) is 5.56 Å². The summed E-state index contributed by atoms with van der Waals surface area (Å²) in [6, 6.07) is 13.4. The topological polar surface area (TPSA) is 26.3 Å². The van der Waals surface area contributed by atoms with Gasteiger partial charge in [-0.05, 0) is 42.7 Å². The zero-order valence-electron chi connectivity index (χ0n) is 11.6. The normalized spacial score (nSPS) is 10.3. The van der Waals surface area contributed by atoms with Crippen molar-refractivity contribution in [3.8, 4) is 5.75 Å². The summed E-state index contributed by atoms with van der Waals surface area (Å²) in [5, 5.41) is 0. The van der Waals surface area contributed by atoms with Gasteiger partial charge in [-0.3, -0.25) is 4.79 Å². The number of benzene rings is 2. The molecule has 2 rings (SSSR count). The molecule has 98 valence electrons. The fourth-order valence-electron chi connectivity index (χ4n) is 2.07. The lowest BCUT2D eigenvalue weighted by molar-refractivity contribution is 0.103. The van der Waals surface area contributed by atoms with E-state index in [0.29, 0.717) is 16.9 Å². The van der Waals surface area contributed by atoms with Crippen molar-refractivity contribution in [1.29, 1.82) is 0 Å². The molecule has 0 saturated carbocycles. The first-order valence-corrected chi connectivity index (χ1v) is 6.44. The van der Waals surface area contributed by atoms with E-state index in [1.807, 2.05) is 49.4 Å². The highest BCUT2D eigenvalue weighted by molar-refractivity contribution is 6.10. The van der Waals surface area contributed by atoms with Gasteiger partial charge in [0.15, 0.2) is 5.78 Å². The summed E-state index contributed by atoms with van der Waals surface area (Å²) in [5.74, 6) is 0.638. The molecule has 0 aliphatic carbocycles. The Hall–Kier alpha value is -2.09. The summed E-state index contributed by atoms with van der Waals surface area (Å²) in [5.41, 5.74) is 3.57. The van der Waals surface area contributed by atoms with Crippen molar-refractivity contribution >= 4 is 5.78 Å². The number of ether oxygens (including phenoxy) is 1. The van der Waals surface area contributed by atoms with Crippen LogP contribution in [0.3, 0.4) is 0 Å². The lowest BCUT2D eigenvalue weighted by Gasteiger charge is -2.09. The van der Waals surface area contributed by atoms with Crippen LogP contribution >= 0.6 is 0 Å². The number of methoxy groups -OCH3 is 1. The minimum Gasteiger partial charge on any atom is -0.496 e. The first kappa shape index (κ1) is 13.3. The van der Waals surface area contributed by atoms with Gasteiger partial charge in [-0.25, -0.2) is 0 Å². The minimum absolute atomic E-state index is 0.00662. The Morgan fingerprint density at radius 3 is 2.63 bits per heavy atom. The number of hydrogen-bond donors (Lipinski definition) is 0. The average Bonchev–Trinajstić information content (AvgIpc) is 2.46. The summed E-state index contributed by atoms with van der Waals surface area (Å²) in [6.07, 6.45) is 0.923. The largest absolute Gasteiger partial charge is 0.496 e. The predicted octanol–water partition coefficient (Wildman–Crippen LogP) is 3.80. The van der Waals surface area contributed by atoms with Gasteiger partial charge in [-0.1, -0.05) is 31.2 Å². The third-order valence-electron chi connectivity index (χ3n) is 3.20. The molecular formula is C17H18O2. The van der Waals surface area contributed by atoms with Crippen LogP contribution in [0.15, 0.2) is 42.5 Å². The number of ketones is 1. The van der Waals surface area contributed by atoms with E-state index in [1.165, 1.54) is 0 Å². The standard InChI is InChI=1S/C17H18O2/c1-4-13-6-5-7-14(11-13)17(18)15-9-8-12(2)10-16(15)19-3/h5-11H,4H2,1-3H3. The van der Waals surface area contributed by atoms with E-state index in [1.54, 1.807) is 7.11 Å². The molecule has 0 heterocycles. The van der Waals surface area contributed by atoms with E-state index in [-0.39, 0.29) is 5.78 Å². The molecule has 0 spiro atoms. The molecule has 0 atom stereocenters. The van der Waals surface area contributed by atoms with Crippen LogP contribution in [0.5, 0.6) is 5.75 Å². The zero-order valence-corrected chi connectivity index (χ0v) is 11.6. The second-order valence-electron chi connectivity index (χ2n) is 4.59. The van der Waals surface area contributed by atoms with Gasteiger partial charge in [0.05, 0.1) is 12.7 Å². The van der Waals surface area contributed by atoms with Crippen LogP contribution in [0.25, 0.3) is 0 Å². The van der Waals surface area contributed by atoms with Crippen LogP contribution in [-0.2, 0) is 6.42 Å². The Morgan fingerprint density at radius 1 is 1.16 bits per heavy atom. The molecule has 0 fully saturated rings. The molecule has 0 unspecified atom stereocenters. The van der Waals surface area contributed by atoms with Crippen molar-refractivity contribution < 1.29 is 9.53 Å². The third-order valence-corrected chi connectivity index (χ3v) is 3.20. The van der Waals surface area contributed by atoms with Gasteiger partial charge < -0.3 is 4.74 Å². The molecule has 0 saturated heterocycles. The number of hydrogen-bond acceptors (Lipinski definition) is 2. The van der Waals surface area contributed by atoms with Gasteiger partial charge >= 0.3 is 0 Å². The molecule has 0 aliphatic rings. The zero-order chi connectivity index (χ0) is 13.8. The molecular weight excluding hydrogens is 236 g/mol. The monoisotopic (exact) mass is 254 g/mol. The van der Waals surface area contributed by atoms with Crippen molar-refractivity contribution in [2.24, 2.45) is 0 Å². The first-order chi connectivity index (χ1) is 9.15. The molecule has 0 aromatic heterocycles. The number of rotatable bonds is 4. The molecule has 0 N–H and O–H groups in total. The minimum atomic E-state index is 0.00662. The third kappa shape index (κ3) is 2.84. The Kier molecular flexibility index (Phi) is 4.00. The van der Waals surface area contributed by atoms with Crippen molar-refractivity contribution in [2.45, 2.75) is 20.3 Å². The van der Waals surface area contributed by atoms with E-state index >= 15 is 0 Å². The molecule has 2 aromatic carbocycles. The molecule has 19 heavy (non-hydrogen) atoms. The van der Waals surface area contributed by atoms with Gasteiger partial charge in [0.25, 0.3) is 0 Å². The summed E-state index contributed by atoms with van der Waals surface area (Å²) < 4.78 is 5.30. The molecule has 0 aliphatic heterocycles. The Bertz CT molecular complexity index is 600. The SMILES string of the molecule is CCc1cccc(C(=O)c2ccc(C)cc2OC)c1. The van der Waals surface area contributed by atoms with E-state index in [0.717, 1.165) is 17.5 Å². The first-order valence-electron chi connectivity index (χ1n) is 6.44.